The Morgan fingerprint density at radius 2 is 2.27 bits per heavy atom. The van der Waals surface area contributed by atoms with Crippen LogP contribution in [0.4, 0.5) is 0 Å². The molecule has 1 saturated heterocycles. The fraction of sp³-hybridized carbons (Fsp3) is 0.900. The predicted molar refractivity (Wildman–Crippen MR) is 53.8 cm³/mol. The molecule has 1 fully saturated rings. The second-order valence-corrected chi connectivity index (χ2v) is 4.20. The first kappa shape index (κ1) is 12.4. The number of methoxy groups -OCH3 is 2. The Balaban J connectivity index is 2.61. The van der Waals surface area contributed by atoms with Gasteiger partial charge in [-0.15, -0.1) is 0 Å². The van der Waals surface area contributed by atoms with Crippen LogP contribution in [-0.4, -0.2) is 32.0 Å². The molecule has 0 radical (unpaired) electrons. The van der Waals surface area contributed by atoms with Gasteiger partial charge in [-0.3, -0.25) is 4.84 Å². The summed E-state index contributed by atoms with van der Waals surface area (Å²) < 4.78 is 9.76. The molecule has 1 N–H and O–H groups in total. The van der Waals surface area contributed by atoms with E-state index in [1.54, 1.807) is 0 Å². The van der Waals surface area contributed by atoms with Crippen molar-refractivity contribution >= 4 is 5.97 Å². The molecular formula is C10H19NO4. The molecule has 1 aliphatic heterocycles. The summed E-state index contributed by atoms with van der Waals surface area (Å²) in [7, 11) is 2.76. The van der Waals surface area contributed by atoms with E-state index in [1.807, 2.05) is 0 Å². The topological polar surface area (TPSA) is 56.8 Å². The maximum Gasteiger partial charge on any atom is 0.368 e. The van der Waals surface area contributed by atoms with Crippen LogP contribution in [-0.2, 0) is 19.1 Å². The lowest BCUT2D eigenvalue weighted by atomic mass is 9.99. The highest BCUT2D eigenvalue weighted by molar-refractivity contribution is 5.78. The van der Waals surface area contributed by atoms with E-state index < -0.39 is 11.8 Å². The van der Waals surface area contributed by atoms with Gasteiger partial charge in [0, 0.05) is 19.6 Å². The van der Waals surface area contributed by atoms with Crippen LogP contribution >= 0.6 is 0 Å². The third kappa shape index (κ3) is 2.68. The van der Waals surface area contributed by atoms with E-state index >= 15 is 0 Å². The maximum absolute atomic E-state index is 11.5. The fourth-order valence-electron chi connectivity index (χ4n) is 1.78. The van der Waals surface area contributed by atoms with Crippen LogP contribution in [0.2, 0.25) is 0 Å². The van der Waals surface area contributed by atoms with Gasteiger partial charge < -0.3 is 9.47 Å². The largest absolute Gasteiger partial charge is 0.465 e. The molecule has 1 unspecified atom stereocenters. The van der Waals surface area contributed by atoms with Crippen LogP contribution in [0.3, 0.4) is 0 Å². The molecule has 1 heterocycles. The molecule has 0 aromatic heterocycles. The van der Waals surface area contributed by atoms with Gasteiger partial charge in [0.05, 0.1) is 7.11 Å². The summed E-state index contributed by atoms with van der Waals surface area (Å²) in [5.41, 5.74) is 2.82. The Labute approximate surface area is 90.0 Å². The normalized spacial score (nSPS) is 30.9. The number of ether oxygens (including phenoxy) is 2. The summed E-state index contributed by atoms with van der Waals surface area (Å²) >= 11 is 0. The van der Waals surface area contributed by atoms with Crippen molar-refractivity contribution < 1.29 is 19.1 Å². The van der Waals surface area contributed by atoms with Gasteiger partial charge in [-0.25, -0.2) is 4.79 Å². The fourth-order valence-corrected chi connectivity index (χ4v) is 1.78. The number of hydrogen-bond acceptors (Lipinski definition) is 5. The summed E-state index contributed by atoms with van der Waals surface area (Å²) in [5.74, 6) is -1.23. The first-order valence-electron chi connectivity index (χ1n) is 5.11. The molecule has 1 aliphatic rings. The van der Waals surface area contributed by atoms with Gasteiger partial charge in [0.15, 0.2) is 0 Å². The number of rotatable bonds is 4. The summed E-state index contributed by atoms with van der Waals surface area (Å²) in [6.45, 7) is 4.24. The lowest BCUT2D eigenvalue weighted by Crippen LogP contribution is -2.42. The minimum Gasteiger partial charge on any atom is -0.465 e. The summed E-state index contributed by atoms with van der Waals surface area (Å²) in [5, 5.41) is 0. The van der Waals surface area contributed by atoms with Gasteiger partial charge in [-0.05, 0) is 12.3 Å². The van der Waals surface area contributed by atoms with Crippen molar-refractivity contribution in [2.24, 2.45) is 5.92 Å². The Hall–Kier alpha value is -0.650. The van der Waals surface area contributed by atoms with Gasteiger partial charge in [0.1, 0.15) is 0 Å². The summed E-state index contributed by atoms with van der Waals surface area (Å²) in [6, 6.07) is 0.129. The average Bonchev–Trinajstić information content (AvgIpc) is 2.60. The van der Waals surface area contributed by atoms with Crippen molar-refractivity contribution in [2.45, 2.75) is 38.5 Å². The van der Waals surface area contributed by atoms with E-state index in [0.29, 0.717) is 12.3 Å². The monoisotopic (exact) mass is 217 g/mol. The van der Waals surface area contributed by atoms with Gasteiger partial charge in [-0.2, -0.15) is 5.48 Å². The molecule has 2 atom stereocenters. The number of carbonyl (C=O) groups excluding carboxylic acids is 1. The number of hydrogen-bond donors (Lipinski definition) is 1. The van der Waals surface area contributed by atoms with Crippen molar-refractivity contribution in [2.75, 3.05) is 14.2 Å². The van der Waals surface area contributed by atoms with Crippen LogP contribution in [0.5, 0.6) is 0 Å². The zero-order chi connectivity index (χ0) is 11.5. The van der Waals surface area contributed by atoms with E-state index in [-0.39, 0.29) is 6.04 Å². The molecule has 0 aromatic carbocycles. The number of hydroxylamine groups is 1. The molecule has 5 heteroatoms. The molecule has 5 nitrogen and oxygen atoms in total. The van der Waals surface area contributed by atoms with Crippen LogP contribution in [0.1, 0.15) is 26.7 Å². The number of nitrogens with one attached hydrogen (secondary N) is 1. The SMILES string of the molecule is COC(=O)C1(OC)C[C@@H](CC(C)C)NO1. The Bertz CT molecular complexity index is 231. The van der Waals surface area contributed by atoms with Crippen molar-refractivity contribution in [1.29, 1.82) is 0 Å². The highest BCUT2D eigenvalue weighted by atomic mass is 16.8. The minimum atomic E-state index is -1.27. The molecule has 0 amide bonds. The smallest absolute Gasteiger partial charge is 0.368 e. The number of carbonyl (C=O) groups is 1. The first-order valence-corrected chi connectivity index (χ1v) is 5.11. The van der Waals surface area contributed by atoms with Crippen molar-refractivity contribution in [3.63, 3.8) is 0 Å². The molecule has 0 aromatic rings. The standard InChI is InChI=1S/C10H19NO4/c1-7(2)5-8-6-10(14-4,15-11-8)9(12)13-3/h7-8,11H,5-6H2,1-4H3/t8-,10?/m1/s1. The minimum absolute atomic E-state index is 0.129. The van der Waals surface area contributed by atoms with Crippen LogP contribution in [0, 0.1) is 5.92 Å². The van der Waals surface area contributed by atoms with E-state index in [0.717, 1.165) is 6.42 Å². The first-order chi connectivity index (χ1) is 7.04. The highest BCUT2D eigenvalue weighted by Crippen LogP contribution is 2.28. The maximum atomic E-state index is 11.5. The van der Waals surface area contributed by atoms with Gasteiger partial charge in [0.2, 0.25) is 0 Å². The lowest BCUT2D eigenvalue weighted by Gasteiger charge is -2.21. The molecule has 1 rings (SSSR count). The second kappa shape index (κ2) is 4.92. The Morgan fingerprint density at radius 1 is 1.60 bits per heavy atom. The molecule has 0 bridgehead atoms. The molecule has 15 heavy (non-hydrogen) atoms. The van der Waals surface area contributed by atoms with Crippen LogP contribution < -0.4 is 5.48 Å². The van der Waals surface area contributed by atoms with Gasteiger partial charge in [0.25, 0.3) is 5.79 Å². The summed E-state index contributed by atoms with van der Waals surface area (Å²) in [6.07, 6.45) is 1.41. The molecule has 0 saturated carbocycles. The number of esters is 1. The van der Waals surface area contributed by atoms with Crippen molar-refractivity contribution in [3.05, 3.63) is 0 Å². The van der Waals surface area contributed by atoms with Gasteiger partial charge in [-0.1, -0.05) is 13.8 Å². The third-order valence-corrected chi connectivity index (χ3v) is 2.49. The average molecular weight is 217 g/mol. The van der Waals surface area contributed by atoms with E-state index in [4.69, 9.17) is 9.57 Å². The van der Waals surface area contributed by atoms with Gasteiger partial charge >= 0.3 is 5.97 Å². The van der Waals surface area contributed by atoms with Crippen LogP contribution in [0.25, 0.3) is 0 Å². The lowest BCUT2D eigenvalue weighted by molar-refractivity contribution is -0.235. The second-order valence-electron chi connectivity index (χ2n) is 4.20. The Kier molecular flexibility index (Phi) is 4.07. The quantitative estimate of drug-likeness (QED) is 0.707. The highest BCUT2D eigenvalue weighted by Gasteiger charge is 2.49. The summed E-state index contributed by atoms with van der Waals surface area (Å²) in [4.78, 5) is 16.7. The molecule has 88 valence electrons. The molecular weight excluding hydrogens is 198 g/mol. The Morgan fingerprint density at radius 3 is 2.73 bits per heavy atom. The zero-order valence-corrected chi connectivity index (χ0v) is 9.70. The zero-order valence-electron chi connectivity index (χ0n) is 9.70. The van der Waals surface area contributed by atoms with Crippen LogP contribution in [0.15, 0.2) is 0 Å². The third-order valence-electron chi connectivity index (χ3n) is 2.49. The van der Waals surface area contributed by atoms with Crippen molar-refractivity contribution in [1.82, 2.24) is 5.48 Å². The van der Waals surface area contributed by atoms with E-state index in [9.17, 15) is 4.79 Å². The molecule has 0 aliphatic carbocycles. The van der Waals surface area contributed by atoms with E-state index in [2.05, 4.69) is 24.1 Å². The van der Waals surface area contributed by atoms with E-state index in [1.165, 1.54) is 14.2 Å². The predicted octanol–water partition coefficient (Wildman–Crippen LogP) is 0.842. The molecule has 0 spiro atoms. The van der Waals surface area contributed by atoms with Crippen molar-refractivity contribution in [3.8, 4) is 0 Å².